The Morgan fingerprint density at radius 2 is 2.04 bits per heavy atom. The van der Waals surface area contributed by atoms with Crippen LogP contribution in [-0.2, 0) is 9.53 Å². The van der Waals surface area contributed by atoms with Gasteiger partial charge >= 0.3 is 5.97 Å². The van der Waals surface area contributed by atoms with Crippen LogP contribution in [0.5, 0.6) is 0 Å². The molecule has 1 amide bonds. The van der Waals surface area contributed by atoms with Gasteiger partial charge in [0.25, 0.3) is 5.91 Å². The van der Waals surface area contributed by atoms with Gasteiger partial charge in [-0.25, -0.2) is 14.8 Å². The van der Waals surface area contributed by atoms with E-state index in [9.17, 15) is 9.59 Å². The number of carbonyl (C=O) groups is 2. The third kappa shape index (κ3) is 3.52. The molecule has 0 saturated heterocycles. The Morgan fingerprint density at radius 3 is 2.89 bits per heavy atom. The molecule has 0 saturated carbocycles. The number of rotatable bonds is 4. The number of anilines is 1. The number of amides is 1. The van der Waals surface area contributed by atoms with Crippen LogP contribution in [0.15, 0.2) is 47.2 Å². The van der Waals surface area contributed by atoms with E-state index in [1.54, 1.807) is 18.2 Å². The second kappa shape index (κ2) is 6.81. The predicted octanol–water partition coefficient (Wildman–Crippen LogP) is 3.93. The minimum atomic E-state index is -0.973. The summed E-state index contributed by atoms with van der Waals surface area (Å²) in [6.07, 6.45) is 0.328. The molecule has 0 fully saturated rings. The number of hydrogen-bond acceptors (Lipinski definition) is 7. The number of nitrogens with one attached hydrogen (secondary N) is 1. The zero-order chi connectivity index (χ0) is 19.0. The fraction of sp³-hybridized carbons (Fsp3) is 0.158. The highest BCUT2D eigenvalue weighted by molar-refractivity contribution is 7.22. The van der Waals surface area contributed by atoms with E-state index in [1.807, 2.05) is 25.1 Å². The maximum atomic E-state index is 12.3. The molecule has 0 bridgehead atoms. The monoisotopic (exact) mass is 381 g/mol. The lowest BCUT2D eigenvalue weighted by atomic mass is 10.2. The van der Waals surface area contributed by atoms with Crippen molar-refractivity contribution in [2.24, 2.45) is 0 Å². The van der Waals surface area contributed by atoms with Crippen molar-refractivity contribution in [2.75, 3.05) is 5.32 Å². The van der Waals surface area contributed by atoms with Gasteiger partial charge in [-0.2, -0.15) is 0 Å². The molecule has 136 valence electrons. The fourth-order valence-electron chi connectivity index (χ4n) is 2.56. The maximum Gasteiger partial charge on any atom is 0.338 e. The van der Waals surface area contributed by atoms with Crippen LogP contribution in [-0.4, -0.2) is 27.9 Å². The molecule has 2 aromatic heterocycles. The molecule has 0 aliphatic rings. The molecule has 1 N–H and O–H groups in total. The number of fused-ring (bicyclic) bond motifs is 2. The summed E-state index contributed by atoms with van der Waals surface area (Å²) < 4.78 is 11.4. The SMILES string of the molecule is Cc1ccc2nc(NC(=O)C(C)OC(=O)c3ccc4ocnc4c3)sc2c1. The molecule has 0 aliphatic heterocycles. The number of nitrogens with zero attached hydrogens (tertiary/aromatic N) is 2. The summed E-state index contributed by atoms with van der Waals surface area (Å²) in [6.45, 7) is 3.51. The molecule has 0 aliphatic carbocycles. The highest BCUT2D eigenvalue weighted by atomic mass is 32.1. The Balaban J connectivity index is 1.43. The van der Waals surface area contributed by atoms with E-state index in [4.69, 9.17) is 9.15 Å². The topological polar surface area (TPSA) is 94.3 Å². The number of aryl methyl sites for hydroxylation is 1. The van der Waals surface area contributed by atoms with Crippen LogP contribution in [0.2, 0.25) is 0 Å². The molecule has 7 nitrogen and oxygen atoms in total. The van der Waals surface area contributed by atoms with Gasteiger partial charge in [-0.05, 0) is 49.7 Å². The van der Waals surface area contributed by atoms with Crippen molar-refractivity contribution in [3.8, 4) is 0 Å². The molecular weight excluding hydrogens is 366 g/mol. The zero-order valence-electron chi connectivity index (χ0n) is 14.6. The lowest BCUT2D eigenvalue weighted by Gasteiger charge is -2.12. The molecule has 0 spiro atoms. The van der Waals surface area contributed by atoms with E-state index in [-0.39, 0.29) is 0 Å². The quantitative estimate of drug-likeness (QED) is 0.538. The summed E-state index contributed by atoms with van der Waals surface area (Å²) in [4.78, 5) is 33.0. The van der Waals surface area contributed by atoms with Crippen LogP contribution >= 0.6 is 11.3 Å². The Morgan fingerprint density at radius 1 is 1.19 bits per heavy atom. The number of oxazole rings is 1. The second-order valence-corrected chi connectivity index (χ2v) is 7.09. The molecule has 1 atom stereocenters. The van der Waals surface area contributed by atoms with E-state index in [0.717, 1.165) is 15.8 Å². The summed E-state index contributed by atoms with van der Waals surface area (Å²) in [6, 6.07) is 10.6. The van der Waals surface area contributed by atoms with Gasteiger partial charge in [-0.15, -0.1) is 0 Å². The van der Waals surface area contributed by atoms with E-state index in [1.165, 1.54) is 24.7 Å². The summed E-state index contributed by atoms with van der Waals surface area (Å²) in [5.41, 5.74) is 3.35. The second-order valence-electron chi connectivity index (χ2n) is 6.06. The van der Waals surface area contributed by atoms with Gasteiger partial charge in [-0.1, -0.05) is 17.4 Å². The van der Waals surface area contributed by atoms with Crippen molar-refractivity contribution in [3.63, 3.8) is 0 Å². The molecule has 2 heterocycles. The summed E-state index contributed by atoms with van der Waals surface area (Å²) in [5, 5.41) is 3.16. The van der Waals surface area contributed by atoms with E-state index in [0.29, 0.717) is 21.8 Å². The summed E-state index contributed by atoms with van der Waals surface area (Å²) in [7, 11) is 0. The van der Waals surface area contributed by atoms with Gasteiger partial charge in [0.1, 0.15) is 5.52 Å². The number of aromatic nitrogens is 2. The molecule has 4 aromatic rings. The first-order valence-corrected chi connectivity index (χ1v) is 9.03. The first-order chi connectivity index (χ1) is 13.0. The third-order valence-electron chi connectivity index (χ3n) is 3.99. The molecule has 2 aromatic carbocycles. The van der Waals surface area contributed by atoms with Crippen molar-refractivity contribution in [1.82, 2.24) is 9.97 Å². The minimum Gasteiger partial charge on any atom is -0.449 e. The smallest absolute Gasteiger partial charge is 0.338 e. The molecular formula is C19H15N3O4S. The fourth-order valence-corrected chi connectivity index (χ4v) is 3.53. The minimum absolute atomic E-state index is 0.298. The van der Waals surface area contributed by atoms with Gasteiger partial charge in [0.2, 0.25) is 0 Å². The first-order valence-electron chi connectivity index (χ1n) is 8.22. The Hall–Kier alpha value is -3.26. The largest absolute Gasteiger partial charge is 0.449 e. The number of benzene rings is 2. The normalized spacial score (nSPS) is 12.2. The number of esters is 1. The van der Waals surface area contributed by atoms with Crippen LogP contribution in [0.25, 0.3) is 21.3 Å². The van der Waals surface area contributed by atoms with Crippen LogP contribution in [0.3, 0.4) is 0 Å². The summed E-state index contributed by atoms with van der Waals surface area (Å²) in [5.74, 6) is -1.05. The molecule has 1 unspecified atom stereocenters. The number of carbonyl (C=O) groups excluding carboxylic acids is 2. The van der Waals surface area contributed by atoms with Gasteiger partial charge in [0, 0.05) is 0 Å². The molecule has 0 radical (unpaired) electrons. The highest BCUT2D eigenvalue weighted by Crippen LogP contribution is 2.26. The van der Waals surface area contributed by atoms with Crippen LogP contribution in [0.1, 0.15) is 22.8 Å². The third-order valence-corrected chi connectivity index (χ3v) is 4.93. The summed E-state index contributed by atoms with van der Waals surface area (Å²) >= 11 is 1.37. The average molecular weight is 381 g/mol. The van der Waals surface area contributed by atoms with Gasteiger partial charge in [0.15, 0.2) is 23.2 Å². The van der Waals surface area contributed by atoms with Crippen molar-refractivity contribution < 1.29 is 18.7 Å². The lowest BCUT2D eigenvalue weighted by molar-refractivity contribution is -0.123. The van der Waals surface area contributed by atoms with Crippen molar-refractivity contribution in [1.29, 1.82) is 0 Å². The van der Waals surface area contributed by atoms with Crippen LogP contribution in [0.4, 0.5) is 5.13 Å². The standard InChI is InChI=1S/C19H15N3O4S/c1-10-3-5-13-16(7-10)27-19(21-13)22-17(23)11(2)26-18(24)12-4-6-15-14(8-12)20-9-25-15/h3-9,11H,1-2H3,(H,21,22,23). The first kappa shape index (κ1) is 17.2. The van der Waals surface area contributed by atoms with Crippen molar-refractivity contribution in [2.45, 2.75) is 20.0 Å². The number of ether oxygens (including phenoxy) is 1. The molecule has 8 heteroatoms. The van der Waals surface area contributed by atoms with Crippen LogP contribution < -0.4 is 5.32 Å². The van der Waals surface area contributed by atoms with Crippen molar-refractivity contribution in [3.05, 3.63) is 53.9 Å². The average Bonchev–Trinajstić information content (AvgIpc) is 3.26. The van der Waals surface area contributed by atoms with Crippen molar-refractivity contribution >= 4 is 49.7 Å². The predicted molar refractivity (Wildman–Crippen MR) is 102 cm³/mol. The van der Waals surface area contributed by atoms with E-state index >= 15 is 0 Å². The molecule has 27 heavy (non-hydrogen) atoms. The lowest BCUT2D eigenvalue weighted by Crippen LogP contribution is -2.29. The van der Waals surface area contributed by atoms with Gasteiger partial charge < -0.3 is 9.15 Å². The van der Waals surface area contributed by atoms with Crippen LogP contribution in [0, 0.1) is 6.92 Å². The Bertz CT molecular complexity index is 1160. The Kier molecular flexibility index (Phi) is 4.33. The van der Waals surface area contributed by atoms with Gasteiger partial charge in [-0.3, -0.25) is 10.1 Å². The number of thiazole rings is 1. The maximum absolute atomic E-state index is 12.3. The van der Waals surface area contributed by atoms with E-state index in [2.05, 4.69) is 15.3 Å². The van der Waals surface area contributed by atoms with E-state index < -0.39 is 18.0 Å². The Labute approximate surface area is 158 Å². The highest BCUT2D eigenvalue weighted by Gasteiger charge is 2.20. The zero-order valence-corrected chi connectivity index (χ0v) is 15.4. The molecule has 4 rings (SSSR count). The number of hydrogen-bond donors (Lipinski definition) is 1. The van der Waals surface area contributed by atoms with Gasteiger partial charge in [0.05, 0.1) is 15.8 Å².